The summed E-state index contributed by atoms with van der Waals surface area (Å²) in [6.45, 7) is 4.36. The van der Waals surface area contributed by atoms with Crippen LogP contribution in [0.2, 0.25) is 0 Å². The Kier molecular flexibility index (Phi) is 17.3. The van der Waals surface area contributed by atoms with Crippen molar-refractivity contribution in [2.45, 2.75) is 44.9 Å². The second-order valence-electron chi connectivity index (χ2n) is 6.28. The summed E-state index contributed by atoms with van der Waals surface area (Å²) in [5.41, 5.74) is 15.9. The highest BCUT2D eigenvalue weighted by Gasteiger charge is 2.04. The van der Waals surface area contributed by atoms with Crippen molar-refractivity contribution < 1.29 is 9.59 Å². The molecule has 0 aromatic heterocycles. The third kappa shape index (κ3) is 20.1. The molecule has 0 heterocycles. The third-order valence-electron chi connectivity index (χ3n) is 3.73. The lowest BCUT2D eigenvalue weighted by Crippen LogP contribution is -2.42. The lowest BCUT2D eigenvalue weighted by Gasteiger charge is -2.08. The van der Waals surface area contributed by atoms with Gasteiger partial charge in [0.25, 0.3) is 0 Å². The maximum Gasteiger partial charge on any atom is 0.315 e. The van der Waals surface area contributed by atoms with E-state index in [2.05, 4.69) is 26.3 Å². The lowest BCUT2D eigenvalue weighted by atomic mass is 10.2. The summed E-state index contributed by atoms with van der Waals surface area (Å²) in [6.07, 6.45) is 6.66. The van der Waals surface area contributed by atoms with Crippen molar-refractivity contribution in [2.24, 2.45) is 22.2 Å². The molecule has 0 saturated heterocycles. The Labute approximate surface area is 162 Å². The number of rotatable bonds is 17. The number of nitrogens with zero attached hydrogens (tertiary/aromatic N) is 1. The topological polar surface area (TPSA) is 173 Å². The van der Waals surface area contributed by atoms with Crippen molar-refractivity contribution in [1.82, 2.24) is 21.3 Å². The molecule has 3 amide bonds. The molecule has 0 aromatic carbocycles. The molecule has 158 valence electrons. The van der Waals surface area contributed by atoms with E-state index in [4.69, 9.17) is 17.2 Å². The van der Waals surface area contributed by atoms with Crippen molar-refractivity contribution in [2.75, 3.05) is 45.8 Å². The van der Waals surface area contributed by atoms with Crippen LogP contribution in [0.4, 0.5) is 4.79 Å². The molecule has 0 aromatic rings. The SMILES string of the molecule is NCCCNCCCCNC(=O)CNC(=O)NCCCCCCN=C(N)N. The minimum atomic E-state index is -0.324. The third-order valence-corrected chi connectivity index (χ3v) is 3.73. The largest absolute Gasteiger partial charge is 0.370 e. The molecule has 0 spiro atoms. The number of hydrogen-bond donors (Lipinski definition) is 7. The van der Waals surface area contributed by atoms with Gasteiger partial charge in [-0.05, 0) is 51.7 Å². The molecule has 10 heteroatoms. The highest BCUT2D eigenvalue weighted by atomic mass is 16.2. The number of guanidine groups is 1. The standard InChI is InChI=1S/C17H38N8O2/c18-8-7-10-21-9-5-6-11-22-15(26)14-25-17(27)24-13-4-2-1-3-12-23-16(19)20/h21H,1-14,18H2,(H,22,26)(H4,19,20,23)(H2,24,25,27). The van der Waals surface area contributed by atoms with Crippen molar-refractivity contribution in [3.8, 4) is 0 Å². The molecule has 0 aliphatic heterocycles. The van der Waals surface area contributed by atoms with Crippen molar-refractivity contribution >= 4 is 17.9 Å². The molecule has 0 atom stereocenters. The van der Waals surface area contributed by atoms with Crippen LogP contribution in [0.1, 0.15) is 44.9 Å². The Bertz CT molecular complexity index is 414. The fourth-order valence-corrected chi connectivity index (χ4v) is 2.24. The van der Waals surface area contributed by atoms with E-state index < -0.39 is 0 Å². The number of aliphatic imine (C=N–C) groups is 1. The Morgan fingerprint density at radius 3 is 2.11 bits per heavy atom. The summed E-state index contributed by atoms with van der Waals surface area (Å²) in [4.78, 5) is 27.1. The van der Waals surface area contributed by atoms with Gasteiger partial charge >= 0.3 is 6.03 Å². The first-order valence-corrected chi connectivity index (χ1v) is 9.81. The fourth-order valence-electron chi connectivity index (χ4n) is 2.24. The van der Waals surface area contributed by atoms with E-state index in [1.54, 1.807) is 0 Å². The Morgan fingerprint density at radius 1 is 0.741 bits per heavy atom. The number of nitrogens with one attached hydrogen (secondary N) is 4. The van der Waals surface area contributed by atoms with E-state index in [0.29, 0.717) is 26.2 Å². The van der Waals surface area contributed by atoms with Crippen LogP contribution in [0.25, 0.3) is 0 Å². The quantitative estimate of drug-likeness (QED) is 0.0954. The normalized spacial score (nSPS) is 10.3. The molecule has 0 bridgehead atoms. The number of nitrogens with two attached hydrogens (primary N) is 3. The van der Waals surface area contributed by atoms with E-state index >= 15 is 0 Å². The average molecular weight is 387 g/mol. The molecule has 0 aliphatic carbocycles. The van der Waals surface area contributed by atoms with Crippen LogP contribution in [0.3, 0.4) is 0 Å². The van der Waals surface area contributed by atoms with Gasteiger partial charge in [-0.1, -0.05) is 12.8 Å². The van der Waals surface area contributed by atoms with Gasteiger partial charge in [-0.3, -0.25) is 9.79 Å². The van der Waals surface area contributed by atoms with Gasteiger partial charge in [0.1, 0.15) is 0 Å². The number of urea groups is 1. The maximum atomic E-state index is 11.6. The smallest absolute Gasteiger partial charge is 0.315 e. The minimum absolute atomic E-state index is 0.0148. The Balaban J connectivity index is 3.38. The second kappa shape index (κ2) is 18.7. The van der Waals surface area contributed by atoms with Gasteiger partial charge in [0.2, 0.25) is 5.91 Å². The van der Waals surface area contributed by atoms with Gasteiger partial charge < -0.3 is 38.5 Å². The Morgan fingerprint density at radius 2 is 1.37 bits per heavy atom. The monoisotopic (exact) mass is 386 g/mol. The van der Waals surface area contributed by atoms with Gasteiger partial charge in [0.05, 0.1) is 6.54 Å². The van der Waals surface area contributed by atoms with Crippen LogP contribution in [0.5, 0.6) is 0 Å². The van der Waals surface area contributed by atoms with Crippen molar-refractivity contribution in [3.05, 3.63) is 0 Å². The number of carbonyl (C=O) groups is 2. The van der Waals surface area contributed by atoms with Gasteiger partial charge in [-0.2, -0.15) is 0 Å². The molecule has 0 aliphatic rings. The van der Waals surface area contributed by atoms with Gasteiger partial charge in [0.15, 0.2) is 5.96 Å². The summed E-state index contributed by atoms with van der Waals surface area (Å²) in [5.74, 6) is -0.0614. The van der Waals surface area contributed by atoms with Gasteiger partial charge in [0, 0.05) is 19.6 Å². The molecule has 27 heavy (non-hydrogen) atoms. The van der Waals surface area contributed by atoms with E-state index in [9.17, 15) is 9.59 Å². The van der Waals surface area contributed by atoms with E-state index in [-0.39, 0.29) is 24.4 Å². The maximum absolute atomic E-state index is 11.6. The summed E-state index contributed by atoms with van der Waals surface area (Å²) in [7, 11) is 0. The van der Waals surface area contributed by atoms with Gasteiger partial charge in [-0.15, -0.1) is 0 Å². The Hall–Kier alpha value is -2.07. The zero-order valence-corrected chi connectivity index (χ0v) is 16.4. The van der Waals surface area contributed by atoms with Crippen LogP contribution in [-0.2, 0) is 4.79 Å². The molecular weight excluding hydrogens is 348 g/mol. The van der Waals surface area contributed by atoms with Crippen molar-refractivity contribution in [3.63, 3.8) is 0 Å². The zero-order valence-electron chi connectivity index (χ0n) is 16.4. The van der Waals surface area contributed by atoms with Gasteiger partial charge in [-0.25, -0.2) is 4.79 Å². The number of unbranched alkanes of at least 4 members (excludes halogenated alkanes) is 4. The highest BCUT2D eigenvalue weighted by Crippen LogP contribution is 1.98. The number of hydrogen-bond acceptors (Lipinski definition) is 5. The summed E-state index contributed by atoms with van der Waals surface area (Å²) in [5, 5.41) is 11.4. The minimum Gasteiger partial charge on any atom is -0.370 e. The highest BCUT2D eigenvalue weighted by molar-refractivity contribution is 5.83. The number of carbonyl (C=O) groups excluding carboxylic acids is 2. The summed E-state index contributed by atoms with van der Waals surface area (Å²) >= 11 is 0. The van der Waals surface area contributed by atoms with E-state index in [1.165, 1.54) is 0 Å². The molecule has 0 saturated carbocycles. The molecule has 0 unspecified atom stereocenters. The molecule has 0 fully saturated rings. The predicted octanol–water partition coefficient (Wildman–Crippen LogP) is -1.05. The van der Waals surface area contributed by atoms with Crippen LogP contribution in [-0.4, -0.2) is 63.7 Å². The van der Waals surface area contributed by atoms with Crippen LogP contribution < -0.4 is 38.5 Å². The predicted molar refractivity (Wildman–Crippen MR) is 109 cm³/mol. The molecule has 0 rings (SSSR count). The first-order valence-electron chi connectivity index (χ1n) is 9.81. The van der Waals surface area contributed by atoms with Crippen LogP contribution in [0, 0.1) is 0 Å². The van der Waals surface area contributed by atoms with Crippen LogP contribution in [0.15, 0.2) is 4.99 Å². The molecular formula is C17H38N8O2. The summed E-state index contributed by atoms with van der Waals surface area (Å²) in [6, 6.07) is -0.324. The second-order valence-corrected chi connectivity index (χ2v) is 6.28. The fraction of sp³-hybridized carbons (Fsp3) is 0.824. The molecule has 10 N–H and O–H groups in total. The van der Waals surface area contributed by atoms with E-state index in [0.717, 1.165) is 58.0 Å². The first kappa shape index (κ1) is 24.9. The van der Waals surface area contributed by atoms with Crippen LogP contribution >= 0.6 is 0 Å². The van der Waals surface area contributed by atoms with Crippen molar-refractivity contribution in [1.29, 1.82) is 0 Å². The average Bonchev–Trinajstić information content (AvgIpc) is 2.64. The molecule has 10 nitrogen and oxygen atoms in total. The zero-order chi connectivity index (χ0) is 20.2. The number of amides is 3. The summed E-state index contributed by atoms with van der Waals surface area (Å²) < 4.78 is 0. The lowest BCUT2D eigenvalue weighted by molar-refractivity contribution is -0.120. The van der Waals surface area contributed by atoms with E-state index in [1.807, 2.05) is 0 Å². The molecule has 0 radical (unpaired) electrons. The first-order chi connectivity index (χ1) is 13.1.